The Labute approximate surface area is 102 Å². The highest BCUT2D eigenvalue weighted by atomic mass is 32.1. The van der Waals surface area contributed by atoms with Gasteiger partial charge in [-0.3, -0.25) is 0 Å². The standard InChI is InChI=1S/C14H19NS/c1-3-7-12(15-2)14-10-11-8-5-4-6-9-13(11)16-14/h1,10,12,15H,4-9H2,2H3. The van der Waals surface area contributed by atoms with E-state index < -0.39 is 0 Å². The Balaban J connectivity index is 2.20. The van der Waals surface area contributed by atoms with Gasteiger partial charge in [-0.15, -0.1) is 23.7 Å². The molecule has 1 aromatic rings. The van der Waals surface area contributed by atoms with Crippen LogP contribution in [0.25, 0.3) is 0 Å². The van der Waals surface area contributed by atoms with Gasteiger partial charge < -0.3 is 5.32 Å². The van der Waals surface area contributed by atoms with Crippen molar-refractivity contribution in [3.63, 3.8) is 0 Å². The number of terminal acetylenes is 1. The monoisotopic (exact) mass is 233 g/mol. The van der Waals surface area contributed by atoms with Gasteiger partial charge in [0.2, 0.25) is 0 Å². The molecule has 16 heavy (non-hydrogen) atoms. The largest absolute Gasteiger partial charge is 0.312 e. The van der Waals surface area contributed by atoms with Gasteiger partial charge in [0.15, 0.2) is 0 Å². The molecule has 0 saturated heterocycles. The second-order valence-electron chi connectivity index (χ2n) is 4.41. The van der Waals surface area contributed by atoms with Gasteiger partial charge in [0, 0.05) is 16.2 Å². The molecule has 1 aromatic heterocycles. The van der Waals surface area contributed by atoms with Crippen molar-refractivity contribution in [2.45, 2.75) is 44.6 Å². The number of nitrogens with one attached hydrogen (secondary N) is 1. The van der Waals surface area contributed by atoms with Gasteiger partial charge in [0.1, 0.15) is 0 Å². The molecule has 2 rings (SSSR count). The van der Waals surface area contributed by atoms with Crippen LogP contribution < -0.4 is 5.32 Å². The summed E-state index contributed by atoms with van der Waals surface area (Å²) < 4.78 is 0. The van der Waals surface area contributed by atoms with E-state index in [2.05, 4.69) is 17.3 Å². The van der Waals surface area contributed by atoms with Gasteiger partial charge in [-0.1, -0.05) is 6.42 Å². The first-order valence-electron chi connectivity index (χ1n) is 6.07. The van der Waals surface area contributed by atoms with Crippen molar-refractivity contribution in [3.8, 4) is 12.3 Å². The van der Waals surface area contributed by atoms with Gasteiger partial charge in [-0.25, -0.2) is 0 Å². The summed E-state index contributed by atoms with van der Waals surface area (Å²) in [6.45, 7) is 0. The van der Waals surface area contributed by atoms with Crippen molar-refractivity contribution in [2.24, 2.45) is 0 Å². The quantitative estimate of drug-likeness (QED) is 0.624. The van der Waals surface area contributed by atoms with E-state index >= 15 is 0 Å². The van der Waals surface area contributed by atoms with E-state index in [9.17, 15) is 0 Å². The summed E-state index contributed by atoms with van der Waals surface area (Å²) in [4.78, 5) is 3.03. The molecule has 0 aromatic carbocycles. The van der Waals surface area contributed by atoms with Crippen LogP contribution >= 0.6 is 11.3 Å². The van der Waals surface area contributed by atoms with E-state index in [1.54, 1.807) is 10.4 Å². The summed E-state index contributed by atoms with van der Waals surface area (Å²) in [5.74, 6) is 2.75. The van der Waals surface area contributed by atoms with E-state index in [1.165, 1.54) is 37.0 Å². The summed E-state index contributed by atoms with van der Waals surface area (Å²) in [6, 6.07) is 2.73. The van der Waals surface area contributed by atoms with Crippen molar-refractivity contribution in [1.29, 1.82) is 0 Å². The fourth-order valence-electron chi connectivity index (χ4n) is 2.32. The highest BCUT2D eigenvalue weighted by molar-refractivity contribution is 7.12. The lowest BCUT2D eigenvalue weighted by Crippen LogP contribution is -2.14. The average molecular weight is 233 g/mol. The molecule has 0 saturated carbocycles. The fraction of sp³-hybridized carbons (Fsp3) is 0.571. The smallest absolute Gasteiger partial charge is 0.0523 e. The SMILES string of the molecule is C#CCC(NC)c1cc2c(s1)CCCCC2. The Morgan fingerprint density at radius 3 is 3.00 bits per heavy atom. The maximum Gasteiger partial charge on any atom is 0.0523 e. The minimum Gasteiger partial charge on any atom is -0.312 e. The van der Waals surface area contributed by atoms with Crippen molar-refractivity contribution in [3.05, 3.63) is 21.4 Å². The molecular formula is C14H19NS. The fourth-order valence-corrected chi connectivity index (χ4v) is 3.69. The van der Waals surface area contributed by atoms with Gasteiger partial charge in [-0.2, -0.15) is 0 Å². The molecule has 1 unspecified atom stereocenters. The lowest BCUT2D eigenvalue weighted by atomic mass is 10.1. The molecule has 0 spiro atoms. The van der Waals surface area contributed by atoms with E-state index in [-0.39, 0.29) is 0 Å². The van der Waals surface area contributed by atoms with Gasteiger partial charge in [0.05, 0.1) is 6.04 Å². The number of thiophene rings is 1. The van der Waals surface area contributed by atoms with Crippen molar-refractivity contribution >= 4 is 11.3 Å². The topological polar surface area (TPSA) is 12.0 Å². The molecular weight excluding hydrogens is 214 g/mol. The Morgan fingerprint density at radius 2 is 2.25 bits per heavy atom. The first-order valence-corrected chi connectivity index (χ1v) is 6.89. The van der Waals surface area contributed by atoms with Crippen molar-refractivity contribution in [1.82, 2.24) is 5.32 Å². The highest BCUT2D eigenvalue weighted by Gasteiger charge is 2.16. The molecule has 1 atom stereocenters. The Hall–Kier alpha value is -0.780. The first kappa shape index (κ1) is 11.7. The van der Waals surface area contributed by atoms with Crippen LogP contribution in [0.2, 0.25) is 0 Å². The molecule has 0 aliphatic heterocycles. The normalized spacial score (nSPS) is 17.2. The predicted molar refractivity (Wildman–Crippen MR) is 70.8 cm³/mol. The molecule has 86 valence electrons. The summed E-state index contributed by atoms with van der Waals surface area (Å²) in [5.41, 5.74) is 1.58. The third-order valence-electron chi connectivity index (χ3n) is 3.28. The molecule has 1 aliphatic rings. The molecule has 2 heteroatoms. The Morgan fingerprint density at radius 1 is 1.44 bits per heavy atom. The summed E-state index contributed by atoms with van der Waals surface area (Å²) in [6.07, 6.45) is 12.8. The molecule has 0 amide bonds. The van der Waals surface area contributed by atoms with Gasteiger partial charge in [0.25, 0.3) is 0 Å². The third kappa shape index (κ3) is 2.48. The van der Waals surface area contributed by atoms with Crippen molar-refractivity contribution < 1.29 is 0 Å². The van der Waals surface area contributed by atoms with Crippen molar-refractivity contribution in [2.75, 3.05) is 7.05 Å². The molecule has 0 radical (unpaired) electrons. The van der Waals surface area contributed by atoms with Crippen LogP contribution in [-0.2, 0) is 12.8 Å². The number of hydrogen-bond donors (Lipinski definition) is 1. The van der Waals surface area contributed by atoms with Crippen LogP contribution in [0.1, 0.15) is 47.0 Å². The second kappa shape index (κ2) is 5.52. The van der Waals surface area contributed by atoms with E-state index in [4.69, 9.17) is 6.42 Å². The van der Waals surface area contributed by atoms with Crippen LogP contribution in [0.5, 0.6) is 0 Å². The van der Waals surface area contributed by atoms with Crippen LogP contribution in [-0.4, -0.2) is 7.05 Å². The molecule has 1 nitrogen and oxygen atoms in total. The van der Waals surface area contributed by atoms with Gasteiger partial charge in [-0.05, 0) is 44.4 Å². The third-order valence-corrected chi connectivity index (χ3v) is 4.63. The van der Waals surface area contributed by atoms with Crippen LogP contribution in [0, 0.1) is 12.3 Å². The average Bonchev–Trinajstić information content (AvgIpc) is 2.57. The zero-order chi connectivity index (χ0) is 11.4. The molecule has 1 N–H and O–H groups in total. The molecule has 1 aliphatic carbocycles. The van der Waals surface area contributed by atoms with E-state index in [1.807, 2.05) is 18.4 Å². The zero-order valence-corrected chi connectivity index (χ0v) is 10.7. The summed E-state index contributed by atoms with van der Waals surface area (Å²) in [7, 11) is 1.99. The first-order chi connectivity index (χ1) is 7.85. The highest BCUT2D eigenvalue weighted by Crippen LogP contribution is 2.33. The summed E-state index contributed by atoms with van der Waals surface area (Å²) in [5, 5.41) is 3.31. The lowest BCUT2D eigenvalue weighted by Gasteiger charge is -2.10. The molecule has 0 fully saturated rings. The number of hydrogen-bond acceptors (Lipinski definition) is 2. The number of rotatable bonds is 3. The lowest BCUT2D eigenvalue weighted by molar-refractivity contribution is 0.621. The maximum absolute atomic E-state index is 5.40. The zero-order valence-electron chi connectivity index (χ0n) is 9.88. The number of fused-ring (bicyclic) bond motifs is 1. The summed E-state index contributed by atoms with van der Waals surface area (Å²) >= 11 is 1.96. The molecule has 0 bridgehead atoms. The Bertz CT molecular complexity index is 362. The number of aryl methyl sites for hydroxylation is 2. The van der Waals surface area contributed by atoms with Crippen LogP contribution in [0.15, 0.2) is 6.07 Å². The second-order valence-corrected chi connectivity index (χ2v) is 5.58. The van der Waals surface area contributed by atoms with E-state index in [0.717, 1.165) is 6.42 Å². The molecule has 1 heterocycles. The maximum atomic E-state index is 5.40. The minimum absolute atomic E-state index is 0.349. The Kier molecular flexibility index (Phi) is 4.04. The van der Waals surface area contributed by atoms with E-state index in [0.29, 0.717) is 6.04 Å². The van der Waals surface area contributed by atoms with Crippen LogP contribution in [0.3, 0.4) is 0 Å². The minimum atomic E-state index is 0.349. The predicted octanol–water partition coefficient (Wildman–Crippen LogP) is 3.30. The van der Waals surface area contributed by atoms with Gasteiger partial charge >= 0.3 is 0 Å². The van der Waals surface area contributed by atoms with Crippen LogP contribution in [0.4, 0.5) is 0 Å².